The molecule has 0 saturated heterocycles. The van der Waals surface area contributed by atoms with E-state index in [-0.39, 0.29) is 5.41 Å². The van der Waals surface area contributed by atoms with E-state index < -0.39 is 0 Å². The van der Waals surface area contributed by atoms with Gasteiger partial charge in [0.15, 0.2) is 0 Å². The Balaban J connectivity index is 1.76. The lowest BCUT2D eigenvalue weighted by atomic mass is 9.86. The Labute approximate surface area is 167 Å². The third kappa shape index (κ3) is 3.65. The highest BCUT2D eigenvalue weighted by atomic mass is 15.1. The Morgan fingerprint density at radius 3 is 2.32 bits per heavy atom. The van der Waals surface area contributed by atoms with Crippen LogP contribution in [0.1, 0.15) is 37.5 Å². The SMILES string of the molecule is Cc1ccn2c(NCc3ccccc3)c(-c3ccc(C(C)(C)C)cc3)nc2c1. The van der Waals surface area contributed by atoms with Crippen LogP contribution in [0.15, 0.2) is 72.9 Å². The van der Waals surface area contributed by atoms with Crippen molar-refractivity contribution in [2.75, 3.05) is 5.32 Å². The molecule has 2 aromatic carbocycles. The summed E-state index contributed by atoms with van der Waals surface area (Å²) >= 11 is 0. The maximum atomic E-state index is 4.95. The van der Waals surface area contributed by atoms with Gasteiger partial charge in [0.05, 0.1) is 0 Å². The second-order valence-electron chi connectivity index (χ2n) is 8.41. The monoisotopic (exact) mass is 369 g/mol. The van der Waals surface area contributed by atoms with Gasteiger partial charge in [0, 0.05) is 18.3 Å². The van der Waals surface area contributed by atoms with Gasteiger partial charge in [0.1, 0.15) is 17.2 Å². The average Bonchev–Trinajstić information content (AvgIpc) is 3.04. The van der Waals surface area contributed by atoms with Crippen molar-refractivity contribution in [1.82, 2.24) is 9.38 Å². The van der Waals surface area contributed by atoms with E-state index in [0.29, 0.717) is 0 Å². The molecule has 4 rings (SSSR count). The average molecular weight is 370 g/mol. The Morgan fingerprint density at radius 1 is 0.929 bits per heavy atom. The van der Waals surface area contributed by atoms with E-state index in [2.05, 4.69) is 104 Å². The van der Waals surface area contributed by atoms with Gasteiger partial charge in [0.2, 0.25) is 0 Å². The fraction of sp³-hybridized carbons (Fsp3) is 0.240. The van der Waals surface area contributed by atoms with Crippen LogP contribution in [0.3, 0.4) is 0 Å². The van der Waals surface area contributed by atoms with Crippen LogP contribution in [0, 0.1) is 6.92 Å². The zero-order valence-electron chi connectivity index (χ0n) is 17.0. The Hall–Kier alpha value is -3.07. The normalized spacial score (nSPS) is 11.7. The molecule has 2 heterocycles. The summed E-state index contributed by atoms with van der Waals surface area (Å²) in [5, 5.41) is 3.62. The number of aromatic nitrogens is 2. The van der Waals surface area contributed by atoms with Crippen LogP contribution in [0.4, 0.5) is 5.82 Å². The van der Waals surface area contributed by atoms with Crippen molar-refractivity contribution in [3.05, 3.63) is 89.6 Å². The van der Waals surface area contributed by atoms with Crippen LogP contribution in [0.25, 0.3) is 16.9 Å². The number of nitrogens with one attached hydrogen (secondary N) is 1. The van der Waals surface area contributed by atoms with E-state index in [4.69, 9.17) is 4.98 Å². The molecule has 1 N–H and O–H groups in total. The smallest absolute Gasteiger partial charge is 0.139 e. The molecule has 0 aliphatic rings. The van der Waals surface area contributed by atoms with E-state index in [1.54, 1.807) is 0 Å². The van der Waals surface area contributed by atoms with Gasteiger partial charge in [-0.25, -0.2) is 4.98 Å². The van der Waals surface area contributed by atoms with Crippen molar-refractivity contribution in [2.24, 2.45) is 0 Å². The van der Waals surface area contributed by atoms with Crippen molar-refractivity contribution in [2.45, 2.75) is 39.7 Å². The first kappa shape index (κ1) is 18.3. The molecule has 0 unspecified atom stereocenters. The summed E-state index contributed by atoms with van der Waals surface area (Å²) in [5.41, 5.74) is 7.01. The van der Waals surface area contributed by atoms with E-state index in [1.165, 1.54) is 16.7 Å². The topological polar surface area (TPSA) is 29.3 Å². The third-order valence-corrected chi connectivity index (χ3v) is 5.11. The molecule has 0 aliphatic carbocycles. The zero-order chi connectivity index (χ0) is 19.7. The van der Waals surface area contributed by atoms with Gasteiger partial charge in [-0.1, -0.05) is 75.4 Å². The summed E-state index contributed by atoms with van der Waals surface area (Å²) in [5.74, 6) is 1.03. The lowest BCUT2D eigenvalue weighted by Gasteiger charge is -2.19. The maximum absolute atomic E-state index is 4.95. The van der Waals surface area contributed by atoms with Crippen LogP contribution < -0.4 is 5.32 Å². The molecule has 0 fully saturated rings. The number of fused-ring (bicyclic) bond motifs is 1. The minimum Gasteiger partial charge on any atom is -0.365 e. The molecule has 4 aromatic rings. The van der Waals surface area contributed by atoms with Crippen LogP contribution in [-0.4, -0.2) is 9.38 Å². The highest BCUT2D eigenvalue weighted by Crippen LogP contribution is 2.31. The number of aryl methyl sites for hydroxylation is 1. The van der Waals surface area contributed by atoms with Crippen LogP contribution in [0.5, 0.6) is 0 Å². The molecule has 3 nitrogen and oxygen atoms in total. The van der Waals surface area contributed by atoms with E-state index >= 15 is 0 Å². The van der Waals surface area contributed by atoms with E-state index in [9.17, 15) is 0 Å². The van der Waals surface area contributed by atoms with Gasteiger partial charge in [-0.15, -0.1) is 0 Å². The highest BCUT2D eigenvalue weighted by Gasteiger charge is 2.17. The molecule has 28 heavy (non-hydrogen) atoms. The molecule has 0 bridgehead atoms. The molecule has 0 amide bonds. The summed E-state index contributed by atoms with van der Waals surface area (Å²) in [7, 11) is 0. The Kier molecular flexibility index (Phi) is 4.68. The Bertz CT molecular complexity index is 1080. The minimum absolute atomic E-state index is 0.142. The van der Waals surface area contributed by atoms with Gasteiger partial charge in [-0.3, -0.25) is 4.40 Å². The first-order valence-electron chi connectivity index (χ1n) is 9.79. The number of anilines is 1. The second kappa shape index (κ2) is 7.16. The fourth-order valence-corrected chi connectivity index (χ4v) is 3.43. The first-order valence-corrected chi connectivity index (χ1v) is 9.79. The highest BCUT2D eigenvalue weighted by molar-refractivity contribution is 5.77. The number of nitrogens with zero attached hydrogens (tertiary/aromatic N) is 2. The quantitative estimate of drug-likeness (QED) is 0.463. The van der Waals surface area contributed by atoms with E-state index in [1.807, 2.05) is 6.07 Å². The van der Waals surface area contributed by atoms with E-state index in [0.717, 1.165) is 29.3 Å². The predicted octanol–water partition coefficient (Wildman–Crippen LogP) is 6.22. The van der Waals surface area contributed by atoms with Crippen molar-refractivity contribution in [3.8, 4) is 11.3 Å². The summed E-state index contributed by atoms with van der Waals surface area (Å²) in [6.45, 7) is 9.58. The zero-order valence-corrected chi connectivity index (χ0v) is 17.0. The van der Waals surface area contributed by atoms with Crippen molar-refractivity contribution in [3.63, 3.8) is 0 Å². The van der Waals surface area contributed by atoms with Crippen molar-refractivity contribution < 1.29 is 0 Å². The molecule has 0 spiro atoms. The van der Waals surface area contributed by atoms with Gasteiger partial charge >= 0.3 is 0 Å². The Morgan fingerprint density at radius 2 is 1.64 bits per heavy atom. The maximum Gasteiger partial charge on any atom is 0.139 e. The standard InChI is InChI=1S/C25H27N3/c1-18-14-15-28-22(16-18)27-23(20-10-12-21(13-11-20)25(2,3)4)24(28)26-17-19-8-6-5-7-9-19/h5-16,26H,17H2,1-4H3. The first-order chi connectivity index (χ1) is 13.4. The van der Waals surface area contributed by atoms with Crippen LogP contribution >= 0.6 is 0 Å². The fourth-order valence-electron chi connectivity index (χ4n) is 3.43. The number of pyridine rings is 1. The predicted molar refractivity (Wildman–Crippen MR) is 118 cm³/mol. The lowest BCUT2D eigenvalue weighted by molar-refractivity contribution is 0.590. The molecule has 0 atom stereocenters. The summed E-state index contributed by atoms with van der Waals surface area (Å²) < 4.78 is 2.14. The summed E-state index contributed by atoms with van der Waals surface area (Å²) in [4.78, 5) is 4.95. The van der Waals surface area contributed by atoms with Gasteiger partial charge in [-0.2, -0.15) is 0 Å². The van der Waals surface area contributed by atoms with Crippen molar-refractivity contribution >= 4 is 11.5 Å². The molecule has 142 valence electrons. The number of hydrogen-bond donors (Lipinski definition) is 1. The largest absolute Gasteiger partial charge is 0.365 e. The molecular weight excluding hydrogens is 342 g/mol. The second-order valence-corrected chi connectivity index (χ2v) is 8.41. The number of rotatable bonds is 4. The number of benzene rings is 2. The number of imidazole rings is 1. The molecule has 3 heteroatoms. The molecule has 2 aromatic heterocycles. The minimum atomic E-state index is 0.142. The van der Waals surface area contributed by atoms with Crippen LogP contribution in [-0.2, 0) is 12.0 Å². The summed E-state index contributed by atoms with van der Waals surface area (Å²) in [6, 6.07) is 23.5. The van der Waals surface area contributed by atoms with Crippen molar-refractivity contribution in [1.29, 1.82) is 0 Å². The number of hydrogen-bond acceptors (Lipinski definition) is 2. The van der Waals surface area contributed by atoms with Gasteiger partial charge in [0.25, 0.3) is 0 Å². The molecule has 0 saturated carbocycles. The van der Waals surface area contributed by atoms with Crippen LogP contribution in [0.2, 0.25) is 0 Å². The van der Waals surface area contributed by atoms with Gasteiger partial charge < -0.3 is 5.32 Å². The molecular formula is C25H27N3. The van der Waals surface area contributed by atoms with Gasteiger partial charge in [-0.05, 0) is 41.2 Å². The summed E-state index contributed by atoms with van der Waals surface area (Å²) in [6.07, 6.45) is 2.10. The third-order valence-electron chi connectivity index (χ3n) is 5.11. The lowest BCUT2D eigenvalue weighted by Crippen LogP contribution is -2.10. The molecule has 0 aliphatic heterocycles. The molecule has 0 radical (unpaired) electrons.